The van der Waals surface area contributed by atoms with E-state index in [2.05, 4.69) is 57.3 Å². The Morgan fingerprint density at radius 3 is 2.77 bits per heavy atom. The summed E-state index contributed by atoms with van der Waals surface area (Å²) in [5.41, 5.74) is 2.95. The van der Waals surface area contributed by atoms with E-state index in [0.717, 1.165) is 75.7 Å². The predicted octanol–water partition coefficient (Wildman–Crippen LogP) is 4.42. The van der Waals surface area contributed by atoms with Crippen molar-refractivity contribution < 1.29 is 14.6 Å². The summed E-state index contributed by atoms with van der Waals surface area (Å²) >= 11 is 0. The number of anilines is 3. The monoisotopic (exact) mass is 535 g/mol. The third-order valence-electron chi connectivity index (χ3n) is 8.97. The molecule has 4 heterocycles. The molecule has 4 N–H and O–H groups in total. The van der Waals surface area contributed by atoms with E-state index in [4.69, 9.17) is 14.5 Å². The van der Waals surface area contributed by atoms with E-state index in [0.29, 0.717) is 35.1 Å². The second-order valence-corrected chi connectivity index (χ2v) is 11.8. The highest BCUT2D eigenvalue weighted by Crippen LogP contribution is 2.43. The summed E-state index contributed by atoms with van der Waals surface area (Å²) in [5, 5.41) is 17.8. The Morgan fingerprint density at radius 2 is 2.03 bits per heavy atom. The van der Waals surface area contributed by atoms with Crippen LogP contribution in [0.3, 0.4) is 0 Å². The summed E-state index contributed by atoms with van der Waals surface area (Å²) in [6.07, 6.45) is 6.08. The largest absolute Gasteiger partial charge is 0.506 e. The molecule has 0 amide bonds. The minimum absolute atomic E-state index is 0.0850. The Bertz CT molecular complexity index is 1290. The molecule has 10 nitrogen and oxygen atoms in total. The van der Waals surface area contributed by atoms with Gasteiger partial charge in [-0.3, -0.25) is 4.90 Å². The number of phenolic OH excluding ortho intramolecular Hbond substituents is 1. The maximum absolute atomic E-state index is 11.1. The lowest BCUT2D eigenvalue weighted by Crippen LogP contribution is -2.48. The Labute approximate surface area is 229 Å². The summed E-state index contributed by atoms with van der Waals surface area (Å²) in [4.78, 5) is 19.3. The molecule has 2 saturated heterocycles. The number of fused-ring (bicyclic) bond motifs is 1. The molecule has 3 fully saturated rings. The third-order valence-corrected chi connectivity index (χ3v) is 8.97. The first-order valence-corrected chi connectivity index (χ1v) is 14.4. The number of aromatic nitrogens is 4. The van der Waals surface area contributed by atoms with Crippen LogP contribution in [-0.4, -0.2) is 81.5 Å². The number of nitrogens with one attached hydrogen (secondary N) is 3. The first-order valence-electron chi connectivity index (χ1n) is 14.4. The second kappa shape index (κ2) is 10.9. The molecule has 3 aliphatic rings. The van der Waals surface area contributed by atoms with Gasteiger partial charge in [0.2, 0.25) is 5.95 Å². The van der Waals surface area contributed by atoms with Crippen LogP contribution < -0.4 is 10.6 Å². The SMILES string of the molecule is CCC(C)(CN1CCOC([C@H]2CC2C)C1)c1ccc(Nc2nc(NC3CCOCC3)c3[nH]cnc3n2)c(O)c1. The highest BCUT2D eigenvalue weighted by Gasteiger charge is 2.42. The van der Waals surface area contributed by atoms with Crippen molar-refractivity contribution in [2.24, 2.45) is 11.8 Å². The van der Waals surface area contributed by atoms with Crippen molar-refractivity contribution >= 4 is 28.6 Å². The van der Waals surface area contributed by atoms with E-state index in [1.54, 1.807) is 6.33 Å². The molecule has 1 saturated carbocycles. The molecular weight excluding hydrogens is 494 g/mol. The van der Waals surface area contributed by atoms with Gasteiger partial charge in [-0.2, -0.15) is 9.97 Å². The van der Waals surface area contributed by atoms with Crippen LogP contribution in [0.25, 0.3) is 11.2 Å². The van der Waals surface area contributed by atoms with Crippen molar-refractivity contribution in [3.8, 4) is 5.75 Å². The van der Waals surface area contributed by atoms with Crippen molar-refractivity contribution in [1.29, 1.82) is 0 Å². The van der Waals surface area contributed by atoms with Gasteiger partial charge in [0.1, 0.15) is 11.3 Å². The lowest BCUT2D eigenvalue weighted by atomic mass is 9.79. The highest BCUT2D eigenvalue weighted by atomic mass is 16.5. The second-order valence-electron chi connectivity index (χ2n) is 11.8. The molecule has 0 spiro atoms. The van der Waals surface area contributed by atoms with E-state index in [1.807, 2.05) is 12.1 Å². The van der Waals surface area contributed by atoms with Gasteiger partial charge >= 0.3 is 0 Å². The zero-order valence-electron chi connectivity index (χ0n) is 23.2. The summed E-state index contributed by atoms with van der Waals surface area (Å²) in [7, 11) is 0. The minimum Gasteiger partial charge on any atom is -0.506 e. The van der Waals surface area contributed by atoms with Crippen molar-refractivity contribution in [2.45, 2.75) is 64.0 Å². The van der Waals surface area contributed by atoms with Crippen LogP contribution in [0, 0.1) is 11.8 Å². The third kappa shape index (κ3) is 5.69. The van der Waals surface area contributed by atoms with Crippen LogP contribution in [0.5, 0.6) is 5.75 Å². The normalized spacial score (nSPS) is 25.9. The number of aromatic hydroxyl groups is 1. The van der Waals surface area contributed by atoms with Crippen LogP contribution in [0.15, 0.2) is 24.5 Å². The van der Waals surface area contributed by atoms with Crippen molar-refractivity contribution in [1.82, 2.24) is 24.8 Å². The Kier molecular flexibility index (Phi) is 7.35. The number of nitrogens with zero attached hydrogens (tertiary/aromatic N) is 4. The molecular formula is C29H41N7O3. The molecule has 39 heavy (non-hydrogen) atoms. The fourth-order valence-corrected chi connectivity index (χ4v) is 6.07. The number of aromatic amines is 1. The molecule has 210 valence electrons. The van der Waals surface area contributed by atoms with Crippen LogP contribution in [0.4, 0.5) is 17.5 Å². The van der Waals surface area contributed by atoms with Crippen molar-refractivity contribution in [2.75, 3.05) is 50.1 Å². The minimum atomic E-state index is -0.0850. The van der Waals surface area contributed by atoms with Gasteiger partial charge in [-0.15, -0.1) is 0 Å². The zero-order valence-corrected chi connectivity index (χ0v) is 23.2. The number of benzene rings is 1. The Morgan fingerprint density at radius 1 is 1.21 bits per heavy atom. The highest BCUT2D eigenvalue weighted by molar-refractivity contribution is 5.84. The predicted molar refractivity (Wildman–Crippen MR) is 152 cm³/mol. The Balaban J connectivity index is 1.18. The number of hydrogen-bond acceptors (Lipinski definition) is 9. The average molecular weight is 536 g/mol. The van der Waals surface area contributed by atoms with E-state index in [-0.39, 0.29) is 17.2 Å². The fraction of sp³-hybridized carbons (Fsp3) is 0.621. The van der Waals surface area contributed by atoms with E-state index in [1.165, 1.54) is 6.42 Å². The number of phenols is 1. The van der Waals surface area contributed by atoms with Gasteiger partial charge in [0.15, 0.2) is 11.5 Å². The molecule has 10 heteroatoms. The number of rotatable bonds is 9. The molecule has 6 rings (SSSR count). The number of ether oxygens (including phenoxy) is 2. The molecule has 3 unspecified atom stereocenters. The molecule has 1 aromatic carbocycles. The van der Waals surface area contributed by atoms with Gasteiger partial charge in [0.05, 0.1) is 24.7 Å². The van der Waals surface area contributed by atoms with Gasteiger partial charge in [-0.25, -0.2) is 4.98 Å². The quantitative estimate of drug-likeness (QED) is 0.295. The van der Waals surface area contributed by atoms with E-state index in [9.17, 15) is 5.11 Å². The summed E-state index contributed by atoms with van der Waals surface area (Å²) in [5.74, 6) is 2.77. The van der Waals surface area contributed by atoms with E-state index >= 15 is 0 Å². The van der Waals surface area contributed by atoms with Gasteiger partial charge in [-0.05, 0) is 55.2 Å². The maximum Gasteiger partial charge on any atom is 0.231 e. The molecule has 4 atom stereocenters. The van der Waals surface area contributed by atoms with Crippen LogP contribution >= 0.6 is 0 Å². The Hall–Kier alpha value is -2.95. The van der Waals surface area contributed by atoms with Gasteiger partial charge in [0, 0.05) is 44.3 Å². The first-order chi connectivity index (χ1) is 18.9. The van der Waals surface area contributed by atoms with Crippen LogP contribution in [0.1, 0.15) is 52.0 Å². The van der Waals surface area contributed by atoms with E-state index < -0.39 is 0 Å². The van der Waals surface area contributed by atoms with Crippen LogP contribution in [-0.2, 0) is 14.9 Å². The molecule has 2 aromatic heterocycles. The van der Waals surface area contributed by atoms with Gasteiger partial charge in [0.25, 0.3) is 0 Å². The molecule has 1 aliphatic carbocycles. The average Bonchev–Trinajstić information content (AvgIpc) is 3.48. The van der Waals surface area contributed by atoms with Gasteiger partial charge < -0.3 is 30.2 Å². The lowest BCUT2D eigenvalue weighted by molar-refractivity contribution is -0.0468. The fourth-order valence-electron chi connectivity index (χ4n) is 6.07. The first kappa shape index (κ1) is 26.3. The zero-order chi connectivity index (χ0) is 27.0. The van der Waals surface area contributed by atoms with Gasteiger partial charge in [-0.1, -0.05) is 26.8 Å². The standard InChI is InChI=1S/C29H41N7O3/c1-4-29(3,16-36-9-12-39-24(15-36)21-13-18(21)2)19-5-6-22(23(37)14-19)33-28-34-26-25(30-17-31-26)27(35-28)32-20-7-10-38-11-8-20/h5-6,14,17-18,20-21,24,37H,4,7-13,15-16H2,1-3H3,(H3,30,31,32,33,34,35)/t18?,21-,24?,29?/m0/s1. The molecule has 3 aromatic rings. The molecule has 0 bridgehead atoms. The summed E-state index contributed by atoms with van der Waals surface area (Å²) < 4.78 is 11.6. The number of H-pyrrole nitrogens is 1. The smallest absolute Gasteiger partial charge is 0.231 e. The number of morpholine rings is 1. The number of hydrogen-bond donors (Lipinski definition) is 4. The topological polar surface area (TPSA) is 120 Å². The molecule has 2 aliphatic heterocycles. The molecule has 0 radical (unpaired) electrons. The summed E-state index contributed by atoms with van der Waals surface area (Å²) in [6.45, 7) is 12.0. The van der Waals surface area contributed by atoms with Crippen LogP contribution in [0.2, 0.25) is 0 Å². The lowest BCUT2D eigenvalue weighted by Gasteiger charge is -2.40. The number of imidazole rings is 1. The maximum atomic E-state index is 11.1. The van der Waals surface area contributed by atoms with Crippen molar-refractivity contribution in [3.63, 3.8) is 0 Å². The summed E-state index contributed by atoms with van der Waals surface area (Å²) in [6, 6.07) is 6.21. The van der Waals surface area contributed by atoms with Crippen molar-refractivity contribution in [3.05, 3.63) is 30.1 Å².